The van der Waals surface area contributed by atoms with Crippen LogP contribution in [0.15, 0.2) is 83.7 Å². The Hall–Kier alpha value is -3.07. The monoisotopic (exact) mass is 328 g/mol. The molecule has 124 valence electrons. The average molecular weight is 328 g/mol. The van der Waals surface area contributed by atoms with Gasteiger partial charge < -0.3 is 0 Å². The van der Waals surface area contributed by atoms with Gasteiger partial charge in [0.05, 0.1) is 17.6 Å². The molecule has 0 saturated heterocycles. The molecule has 25 heavy (non-hydrogen) atoms. The van der Waals surface area contributed by atoms with E-state index in [0.717, 1.165) is 16.6 Å². The van der Waals surface area contributed by atoms with E-state index < -0.39 is 0 Å². The van der Waals surface area contributed by atoms with Gasteiger partial charge in [0.15, 0.2) is 0 Å². The van der Waals surface area contributed by atoms with Gasteiger partial charge in [-0.1, -0.05) is 66.7 Å². The van der Waals surface area contributed by atoms with Crippen molar-refractivity contribution in [3.05, 3.63) is 94.9 Å². The Morgan fingerprint density at radius 3 is 1.88 bits per heavy atom. The topological polar surface area (TPSA) is 26.9 Å². The van der Waals surface area contributed by atoms with Gasteiger partial charge in [-0.25, -0.2) is 4.79 Å². The summed E-state index contributed by atoms with van der Waals surface area (Å²) in [6.45, 7) is 3.27. The summed E-state index contributed by atoms with van der Waals surface area (Å²) in [6.07, 6.45) is 0. The highest BCUT2D eigenvalue weighted by Gasteiger charge is 2.11. The molecule has 0 fully saturated rings. The van der Waals surface area contributed by atoms with Crippen LogP contribution in [0.25, 0.3) is 22.2 Å². The summed E-state index contributed by atoms with van der Waals surface area (Å²) in [6, 6.07) is 26.8. The lowest BCUT2D eigenvalue weighted by molar-refractivity contribution is 0.684. The third-order valence-electron chi connectivity index (χ3n) is 4.64. The first kappa shape index (κ1) is 15.5. The van der Waals surface area contributed by atoms with Crippen LogP contribution < -0.4 is 5.69 Å². The van der Waals surface area contributed by atoms with E-state index in [0.29, 0.717) is 13.1 Å². The van der Waals surface area contributed by atoms with Crippen molar-refractivity contribution in [3.8, 4) is 11.1 Å². The molecule has 0 bridgehead atoms. The van der Waals surface area contributed by atoms with Gasteiger partial charge in [-0.05, 0) is 35.7 Å². The molecule has 0 saturated carbocycles. The van der Waals surface area contributed by atoms with Crippen LogP contribution in [0.3, 0.4) is 0 Å². The number of aromatic nitrogens is 2. The number of imidazole rings is 1. The third kappa shape index (κ3) is 2.78. The van der Waals surface area contributed by atoms with Crippen LogP contribution in [0.4, 0.5) is 0 Å². The zero-order valence-electron chi connectivity index (χ0n) is 14.2. The number of nitrogens with zero attached hydrogens (tertiary/aromatic N) is 2. The molecule has 0 unspecified atom stereocenters. The first-order valence-corrected chi connectivity index (χ1v) is 8.60. The van der Waals surface area contributed by atoms with E-state index in [2.05, 4.69) is 36.4 Å². The van der Waals surface area contributed by atoms with E-state index in [1.54, 1.807) is 0 Å². The molecule has 4 rings (SSSR count). The maximum Gasteiger partial charge on any atom is 0.329 e. The summed E-state index contributed by atoms with van der Waals surface area (Å²) in [5.74, 6) is 0. The molecular weight excluding hydrogens is 308 g/mol. The number of fused-ring (bicyclic) bond motifs is 1. The summed E-state index contributed by atoms with van der Waals surface area (Å²) in [7, 11) is 0. The first-order valence-electron chi connectivity index (χ1n) is 8.60. The Morgan fingerprint density at radius 2 is 1.24 bits per heavy atom. The number of rotatable bonds is 4. The molecule has 0 aliphatic carbocycles. The molecule has 4 aromatic rings. The maximum atomic E-state index is 12.7. The van der Waals surface area contributed by atoms with E-state index in [1.807, 2.05) is 58.5 Å². The van der Waals surface area contributed by atoms with Crippen LogP contribution in [-0.4, -0.2) is 9.13 Å². The van der Waals surface area contributed by atoms with Crippen LogP contribution in [-0.2, 0) is 13.1 Å². The van der Waals surface area contributed by atoms with Crippen LogP contribution in [0.1, 0.15) is 12.5 Å². The molecule has 0 spiro atoms. The molecule has 0 aliphatic rings. The third-order valence-corrected chi connectivity index (χ3v) is 4.64. The molecule has 3 heteroatoms. The van der Waals surface area contributed by atoms with E-state index >= 15 is 0 Å². The second kappa shape index (κ2) is 6.44. The van der Waals surface area contributed by atoms with Gasteiger partial charge in [0.2, 0.25) is 0 Å². The van der Waals surface area contributed by atoms with Gasteiger partial charge in [0.25, 0.3) is 0 Å². The number of aryl methyl sites for hydroxylation is 1. The second-order valence-electron chi connectivity index (χ2n) is 6.16. The Morgan fingerprint density at radius 1 is 0.680 bits per heavy atom. The highest BCUT2D eigenvalue weighted by molar-refractivity contribution is 5.76. The predicted octanol–water partition coefficient (Wildman–Crippen LogP) is 4.54. The van der Waals surface area contributed by atoms with Crippen molar-refractivity contribution >= 4 is 11.0 Å². The highest BCUT2D eigenvalue weighted by atomic mass is 16.1. The molecule has 3 nitrogen and oxygen atoms in total. The number of benzene rings is 3. The Bertz CT molecular complexity index is 1060. The van der Waals surface area contributed by atoms with E-state index in [4.69, 9.17) is 0 Å². The van der Waals surface area contributed by atoms with Crippen molar-refractivity contribution in [1.82, 2.24) is 9.13 Å². The van der Waals surface area contributed by atoms with Crippen molar-refractivity contribution < 1.29 is 0 Å². The molecule has 0 atom stereocenters. The lowest BCUT2D eigenvalue weighted by atomic mass is 10.0. The van der Waals surface area contributed by atoms with Crippen molar-refractivity contribution in [1.29, 1.82) is 0 Å². The van der Waals surface area contributed by atoms with Gasteiger partial charge in [-0.15, -0.1) is 0 Å². The number of hydrogen-bond donors (Lipinski definition) is 0. The van der Waals surface area contributed by atoms with Crippen molar-refractivity contribution in [2.75, 3.05) is 0 Å². The van der Waals surface area contributed by atoms with E-state index in [1.165, 1.54) is 11.1 Å². The molecule has 0 N–H and O–H groups in total. The minimum Gasteiger partial charge on any atom is -0.292 e. The average Bonchev–Trinajstić information content (AvgIpc) is 2.94. The van der Waals surface area contributed by atoms with Crippen molar-refractivity contribution in [2.45, 2.75) is 20.0 Å². The summed E-state index contributed by atoms with van der Waals surface area (Å²) in [5, 5.41) is 0. The lowest BCUT2D eigenvalue weighted by Gasteiger charge is -2.06. The Balaban J connectivity index is 1.70. The fourth-order valence-corrected chi connectivity index (χ4v) is 3.35. The highest BCUT2D eigenvalue weighted by Crippen LogP contribution is 2.20. The maximum absolute atomic E-state index is 12.7. The zero-order valence-corrected chi connectivity index (χ0v) is 14.2. The van der Waals surface area contributed by atoms with Crippen LogP contribution in [0.2, 0.25) is 0 Å². The number of hydrogen-bond acceptors (Lipinski definition) is 1. The Labute approximate surface area is 146 Å². The summed E-state index contributed by atoms with van der Waals surface area (Å²) < 4.78 is 3.68. The SMILES string of the molecule is CCn1c(=O)n(Cc2ccc(-c3ccccc3)cc2)c2ccccc21. The fourth-order valence-electron chi connectivity index (χ4n) is 3.35. The molecule has 0 radical (unpaired) electrons. The smallest absolute Gasteiger partial charge is 0.292 e. The lowest BCUT2D eigenvalue weighted by Crippen LogP contribution is -2.24. The molecule has 1 aromatic heterocycles. The summed E-state index contributed by atoms with van der Waals surface area (Å²) in [4.78, 5) is 12.7. The quantitative estimate of drug-likeness (QED) is 0.540. The van der Waals surface area contributed by atoms with Crippen LogP contribution >= 0.6 is 0 Å². The number of para-hydroxylation sites is 2. The van der Waals surface area contributed by atoms with Crippen LogP contribution in [0.5, 0.6) is 0 Å². The standard InChI is InChI=1S/C22H20N2O/c1-2-23-20-10-6-7-11-21(20)24(22(23)25)16-17-12-14-19(15-13-17)18-8-4-3-5-9-18/h3-15H,2,16H2,1H3. The van der Waals surface area contributed by atoms with E-state index in [-0.39, 0.29) is 5.69 Å². The molecule has 3 aromatic carbocycles. The van der Waals surface area contributed by atoms with Gasteiger partial charge in [0, 0.05) is 6.54 Å². The van der Waals surface area contributed by atoms with Crippen molar-refractivity contribution in [3.63, 3.8) is 0 Å². The minimum absolute atomic E-state index is 0.0517. The summed E-state index contributed by atoms with van der Waals surface area (Å²) in [5.41, 5.74) is 5.55. The van der Waals surface area contributed by atoms with Gasteiger partial charge in [-0.3, -0.25) is 9.13 Å². The van der Waals surface area contributed by atoms with Gasteiger partial charge in [0.1, 0.15) is 0 Å². The minimum atomic E-state index is 0.0517. The summed E-state index contributed by atoms with van der Waals surface area (Å²) >= 11 is 0. The Kier molecular flexibility index (Phi) is 3.98. The zero-order chi connectivity index (χ0) is 17.2. The van der Waals surface area contributed by atoms with Crippen LogP contribution in [0, 0.1) is 0 Å². The van der Waals surface area contributed by atoms with Crippen molar-refractivity contribution in [2.24, 2.45) is 0 Å². The second-order valence-corrected chi connectivity index (χ2v) is 6.16. The normalized spacial score (nSPS) is 11.1. The molecule has 0 amide bonds. The predicted molar refractivity (Wildman–Crippen MR) is 103 cm³/mol. The fraction of sp³-hybridized carbons (Fsp3) is 0.136. The molecular formula is C22H20N2O. The first-order chi connectivity index (χ1) is 12.3. The largest absolute Gasteiger partial charge is 0.329 e. The van der Waals surface area contributed by atoms with Gasteiger partial charge in [-0.2, -0.15) is 0 Å². The molecule has 0 aliphatic heterocycles. The molecule has 1 heterocycles. The van der Waals surface area contributed by atoms with E-state index in [9.17, 15) is 4.79 Å². The van der Waals surface area contributed by atoms with Gasteiger partial charge >= 0.3 is 5.69 Å².